The molecule has 0 heterocycles. The van der Waals surface area contributed by atoms with E-state index < -0.39 is 18.6 Å². The fourth-order valence-electron chi connectivity index (χ4n) is 1.65. The summed E-state index contributed by atoms with van der Waals surface area (Å²) >= 11 is 3.22. The maximum absolute atomic E-state index is 12.5. The normalized spacial score (nSPS) is 11.7. The first kappa shape index (κ1) is 16.0. The van der Waals surface area contributed by atoms with Gasteiger partial charge in [-0.2, -0.15) is 13.2 Å². The van der Waals surface area contributed by atoms with Crippen LogP contribution in [0, 0.1) is 5.92 Å². The Morgan fingerprint density at radius 3 is 2.21 bits per heavy atom. The Labute approximate surface area is 118 Å². The van der Waals surface area contributed by atoms with Gasteiger partial charge in [0, 0.05) is 16.6 Å². The second-order valence-corrected chi connectivity index (χ2v) is 5.62. The second-order valence-electron chi connectivity index (χ2n) is 4.70. The molecular formula is C13H15BrF3NO. The summed E-state index contributed by atoms with van der Waals surface area (Å²) in [6, 6.07) is 6.29. The summed E-state index contributed by atoms with van der Waals surface area (Å²) < 4.78 is 38.3. The van der Waals surface area contributed by atoms with E-state index >= 15 is 0 Å². The molecule has 0 unspecified atom stereocenters. The van der Waals surface area contributed by atoms with Crippen LogP contribution in [0.1, 0.15) is 24.2 Å². The van der Waals surface area contributed by atoms with Gasteiger partial charge in [-0.1, -0.05) is 29.8 Å². The van der Waals surface area contributed by atoms with Crippen LogP contribution in [0.25, 0.3) is 0 Å². The van der Waals surface area contributed by atoms with Crippen LogP contribution in [-0.2, 0) is 0 Å². The number of benzene rings is 1. The third-order valence-electron chi connectivity index (χ3n) is 2.33. The van der Waals surface area contributed by atoms with Crippen LogP contribution in [0.2, 0.25) is 0 Å². The molecule has 0 spiro atoms. The lowest BCUT2D eigenvalue weighted by Crippen LogP contribution is -2.41. The van der Waals surface area contributed by atoms with Crippen molar-refractivity contribution in [2.24, 2.45) is 5.92 Å². The Morgan fingerprint density at radius 2 is 1.79 bits per heavy atom. The molecular weight excluding hydrogens is 323 g/mol. The molecule has 0 saturated heterocycles. The lowest BCUT2D eigenvalue weighted by atomic mass is 10.1. The molecule has 0 aliphatic rings. The first-order chi connectivity index (χ1) is 8.69. The Morgan fingerprint density at radius 1 is 1.26 bits per heavy atom. The van der Waals surface area contributed by atoms with Crippen LogP contribution in [0.3, 0.4) is 0 Å². The third kappa shape index (κ3) is 5.63. The first-order valence-electron chi connectivity index (χ1n) is 5.80. The molecule has 0 saturated carbocycles. The highest BCUT2D eigenvalue weighted by atomic mass is 79.9. The van der Waals surface area contributed by atoms with Gasteiger partial charge in [0.2, 0.25) is 0 Å². The van der Waals surface area contributed by atoms with Crippen molar-refractivity contribution in [1.29, 1.82) is 0 Å². The summed E-state index contributed by atoms with van der Waals surface area (Å²) in [6.07, 6.45) is -4.39. The molecule has 0 N–H and O–H groups in total. The summed E-state index contributed by atoms with van der Waals surface area (Å²) in [4.78, 5) is 12.9. The predicted octanol–water partition coefficient (Wildman–Crippen LogP) is 4.11. The Hall–Kier alpha value is -1.04. The maximum atomic E-state index is 12.5. The molecule has 1 aromatic carbocycles. The Kier molecular flexibility index (Phi) is 5.40. The second kappa shape index (κ2) is 6.41. The molecule has 0 aromatic heterocycles. The minimum absolute atomic E-state index is 0.0262. The van der Waals surface area contributed by atoms with Crippen molar-refractivity contribution in [3.63, 3.8) is 0 Å². The average molecular weight is 338 g/mol. The zero-order valence-corrected chi connectivity index (χ0v) is 12.3. The average Bonchev–Trinajstić information content (AvgIpc) is 2.25. The predicted molar refractivity (Wildman–Crippen MR) is 70.9 cm³/mol. The summed E-state index contributed by atoms with van der Waals surface area (Å²) in [5.74, 6) is -0.625. The standard InChI is InChI=1S/C13H15BrF3NO/c1-9(2)7-18(8-13(15,16)17)12(19)10-3-5-11(14)6-4-10/h3-6,9H,7-8H2,1-2H3. The van der Waals surface area contributed by atoms with Gasteiger partial charge >= 0.3 is 6.18 Å². The van der Waals surface area contributed by atoms with Crippen molar-refractivity contribution < 1.29 is 18.0 Å². The largest absolute Gasteiger partial charge is 0.406 e. The number of carbonyl (C=O) groups is 1. The van der Waals surface area contributed by atoms with Gasteiger partial charge in [-0.05, 0) is 30.2 Å². The van der Waals surface area contributed by atoms with E-state index in [9.17, 15) is 18.0 Å². The third-order valence-corrected chi connectivity index (χ3v) is 2.86. The molecule has 2 nitrogen and oxygen atoms in total. The van der Waals surface area contributed by atoms with E-state index in [2.05, 4.69) is 15.9 Å². The number of nitrogens with zero attached hydrogens (tertiary/aromatic N) is 1. The molecule has 1 rings (SSSR count). The van der Waals surface area contributed by atoms with Gasteiger partial charge in [-0.3, -0.25) is 4.79 Å². The van der Waals surface area contributed by atoms with E-state index in [1.54, 1.807) is 26.0 Å². The molecule has 6 heteroatoms. The van der Waals surface area contributed by atoms with E-state index in [1.807, 2.05) is 0 Å². The summed E-state index contributed by atoms with van der Waals surface area (Å²) in [6.45, 7) is 2.41. The van der Waals surface area contributed by atoms with Gasteiger partial charge in [0.1, 0.15) is 6.54 Å². The van der Waals surface area contributed by atoms with Gasteiger partial charge < -0.3 is 4.90 Å². The highest BCUT2D eigenvalue weighted by molar-refractivity contribution is 9.10. The van der Waals surface area contributed by atoms with Crippen LogP contribution in [-0.4, -0.2) is 30.1 Å². The monoisotopic (exact) mass is 337 g/mol. The molecule has 0 radical (unpaired) electrons. The smallest absolute Gasteiger partial charge is 0.329 e. The molecule has 1 amide bonds. The number of alkyl halides is 3. The van der Waals surface area contributed by atoms with Crippen molar-refractivity contribution in [1.82, 2.24) is 4.90 Å². The quantitative estimate of drug-likeness (QED) is 0.809. The van der Waals surface area contributed by atoms with Crippen LogP contribution in [0.5, 0.6) is 0 Å². The summed E-state index contributed by atoms with van der Waals surface area (Å²) in [5.41, 5.74) is 0.258. The molecule has 0 aliphatic heterocycles. The fraction of sp³-hybridized carbons (Fsp3) is 0.462. The summed E-state index contributed by atoms with van der Waals surface area (Å²) in [5, 5.41) is 0. The van der Waals surface area contributed by atoms with Gasteiger partial charge in [0.05, 0.1) is 0 Å². The SMILES string of the molecule is CC(C)CN(CC(F)(F)F)C(=O)c1ccc(Br)cc1. The molecule has 0 bridgehead atoms. The molecule has 0 fully saturated rings. The summed E-state index contributed by atoms with van der Waals surface area (Å²) in [7, 11) is 0. The molecule has 0 atom stereocenters. The topological polar surface area (TPSA) is 20.3 Å². The van der Waals surface area contributed by atoms with E-state index in [1.165, 1.54) is 12.1 Å². The maximum Gasteiger partial charge on any atom is 0.406 e. The van der Waals surface area contributed by atoms with Crippen LogP contribution in [0.15, 0.2) is 28.7 Å². The van der Waals surface area contributed by atoms with Crippen molar-refractivity contribution in [2.75, 3.05) is 13.1 Å². The number of carbonyl (C=O) groups excluding carboxylic acids is 1. The molecule has 1 aromatic rings. The zero-order valence-electron chi connectivity index (χ0n) is 10.7. The minimum Gasteiger partial charge on any atom is -0.329 e. The first-order valence-corrected chi connectivity index (χ1v) is 6.60. The van der Waals surface area contributed by atoms with Crippen LogP contribution >= 0.6 is 15.9 Å². The Bertz CT molecular complexity index is 429. The molecule has 19 heavy (non-hydrogen) atoms. The van der Waals surface area contributed by atoms with Crippen molar-refractivity contribution >= 4 is 21.8 Å². The highest BCUT2D eigenvalue weighted by Gasteiger charge is 2.33. The van der Waals surface area contributed by atoms with Crippen LogP contribution in [0.4, 0.5) is 13.2 Å². The lowest BCUT2D eigenvalue weighted by Gasteiger charge is -2.25. The van der Waals surface area contributed by atoms with Gasteiger partial charge in [-0.15, -0.1) is 0 Å². The zero-order chi connectivity index (χ0) is 14.6. The van der Waals surface area contributed by atoms with Gasteiger partial charge in [0.15, 0.2) is 0 Å². The highest BCUT2D eigenvalue weighted by Crippen LogP contribution is 2.20. The number of halogens is 4. The van der Waals surface area contributed by atoms with Gasteiger partial charge in [-0.25, -0.2) is 0 Å². The fourth-order valence-corrected chi connectivity index (χ4v) is 1.92. The Balaban J connectivity index is 2.90. The van der Waals surface area contributed by atoms with Crippen LogP contribution < -0.4 is 0 Å². The minimum atomic E-state index is -4.39. The number of rotatable bonds is 4. The number of hydrogen-bond acceptors (Lipinski definition) is 1. The van der Waals surface area contributed by atoms with E-state index in [4.69, 9.17) is 0 Å². The van der Waals surface area contributed by atoms with Gasteiger partial charge in [0.25, 0.3) is 5.91 Å². The molecule has 106 valence electrons. The lowest BCUT2D eigenvalue weighted by molar-refractivity contribution is -0.141. The van der Waals surface area contributed by atoms with Crippen molar-refractivity contribution in [3.05, 3.63) is 34.3 Å². The number of hydrogen-bond donors (Lipinski definition) is 0. The van der Waals surface area contributed by atoms with E-state index in [0.717, 1.165) is 9.37 Å². The van der Waals surface area contributed by atoms with Crippen molar-refractivity contribution in [2.45, 2.75) is 20.0 Å². The molecule has 0 aliphatic carbocycles. The van der Waals surface area contributed by atoms with E-state index in [-0.39, 0.29) is 18.0 Å². The van der Waals surface area contributed by atoms with E-state index in [0.29, 0.717) is 0 Å². The van der Waals surface area contributed by atoms with Crippen molar-refractivity contribution in [3.8, 4) is 0 Å². The number of amides is 1.